The summed E-state index contributed by atoms with van der Waals surface area (Å²) in [6, 6.07) is 6.21. The molecule has 2 rings (SSSR count). The van der Waals surface area contributed by atoms with E-state index in [0.29, 0.717) is 6.42 Å². The summed E-state index contributed by atoms with van der Waals surface area (Å²) in [4.78, 5) is 15.3. The van der Waals surface area contributed by atoms with Gasteiger partial charge in [0.15, 0.2) is 0 Å². The number of benzene rings is 1. The minimum Gasteiger partial charge on any atom is -0.481 e. The molecule has 3 nitrogen and oxygen atoms in total. The van der Waals surface area contributed by atoms with Crippen molar-refractivity contribution in [3.8, 4) is 0 Å². The van der Waals surface area contributed by atoms with E-state index in [4.69, 9.17) is 5.11 Å². The topological polar surface area (TPSA) is 50.2 Å². The molecular formula is C15H17NO2. The highest BCUT2D eigenvalue weighted by molar-refractivity contribution is 5.86. The van der Waals surface area contributed by atoms with Crippen LogP contribution < -0.4 is 0 Å². The molecule has 0 saturated carbocycles. The van der Waals surface area contributed by atoms with Crippen molar-refractivity contribution in [2.45, 2.75) is 33.6 Å². The first-order valence-corrected chi connectivity index (χ1v) is 6.06. The van der Waals surface area contributed by atoms with E-state index in [0.717, 1.165) is 27.7 Å². The summed E-state index contributed by atoms with van der Waals surface area (Å²) in [5, 5.41) is 9.93. The normalized spacial score (nSPS) is 10.8. The third-order valence-corrected chi connectivity index (χ3v) is 3.08. The Morgan fingerprint density at radius 2 is 1.94 bits per heavy atom. The van der Waals surface area contributed by atoms with Gasteiger partial charge in [0.2, 0.25) is 0 Å². The third kappa shape index (κ3) is 2.50. The molecule has 0 unspecified atom stereocenters. The van der Waals surface area contributed by atoms with Gasteiger partial charge in [0.05, 0.1) is 5.52 Å². The molecule has 0 saturated heterocycles. The molecule has 94 valence electrons. The first-order chi connectivity index (χ1) is 8.47. The second kappa shape index (κ2) is 4.77. The molecule has 1 heterocycles. The van der Waals surface area contributed by atoms with Gasteiger partial charge in [-0.3, -0.25) is 9.78 Å². The Balaban J connectivity index is 2.60. The lowest BCUT2D eigenvalue weighted by Crippen LogP contribution is -2.00. The van der Waals surface area contributed by atoms with Crippen LogP contribution in [0.15, 0.2) is 18.2 Å². The number of carboxylic acid groups (broad SMARTS) is 1. The van der Waals surface area contributed by atoms with Crippen molar-refractivity contribution in [3.63, 3.8) is 0 Å². The molecule has 3 heteroatoms. The Bertz CT molecular complexity index is 617. The number of fused-ring (bicyclic) bond motifs is 1. The van der Waals surface area contributed by atoms with E-state index in [-0.39, 0.29) is 6.42 Å². The number of hydrogen-bond acceptors (Lipinski definition) is 2. The second-order valence-electron chi connectivity index (χ2n) is 4.79. The van der Waals surface area contributed by atoms with Crippen LogP contribution in [0.4, 0.5) is 0 Å². The van der Waals surface area contributed by atoms with E-state index in [2.05, 4.69) is 24.0 Å². The molecule has 1 aromatic carbocycles. The molecule has 0 bridgehead atoms. The van der Waals surface area contributed by atoms with Gasteiger partial charge in [-0.05, 0) is 50.5 Å². The van der Waals surface area contributed by atoms with Crippen LogP contribution >= 0.6 is 0 Å². The van der Waals surface area contributed by atoms with E-state index in [1.165, 1.54) is 5.56 Å². The molecule has 0 amide bonds. The number of hydrogen-bond donors (Lipinski definition) is 1. The maximum absolute atomic E-state index is 10.7. The molecule has 0 fully saturated rings. The van der Waals surface area contributed by atoms with Crippen LogP contribution in [0.3, 0.4) is 0 Å². The Hall–Kier alpha value is -1.90. The summed E-state index contributed by atoms with van der Waals surface area (Å²) >= 11 is 0. The van der Waals surface area contributed by atoms with E-state index in [1.54, 1.807) is 0 Å². The van der Waals surface area contributed by atoms with Crippen LogP contribution in [0.5, 0.6) is 0 Å². The zero-order chi connectivity index (χ0) is 13.3. The van der Waals surface area contributed by atoms with Crippen LogP contribution in [0.2, 0.25) is 0 Å². The maximum atomic E-state index is 10.7. The van der Waals surface area contributed by atoms with E-state index in [9.17, 15) is 4.79 Å². The van der Waals surface area contributed by atoms with E-state index < -0.39 is 5.97 Å². The molecule has 18 heavy (non-hydrogen) atoms. The number of nitrogens with zero attached hydrogens (tertiary/aromatic N) is 1. The van der Waals surface area contributed by atoms with Gasteiger partial charge in [0.25, 0.3) is 0 Å². The van der Waals surface area contributed by atoms with Crippen LogP contribution in [0.1, 0.15) is 28.8 Å². The van der Waals surface area contributed by atoms with Crippen molar-refractivity contribution in [1.82, 2.24) is 4.98 Å². The Kier molecular flexibility index (Phi) is 3.32. The zero-order valence-electron chi connectivity index (χ0n) is 10.9. The molecule has 0 radical (unpaired) electrons. The molecule has 0 aliphatic heterocycles. The lowest BCUT2D eigenvalue weighted by atomic mass is 9.99. The Morgan fingerprint density at radius 1 is 1.22 bits per heavy atom. The predicted octanol–water partition coefficient (Wildman–Crippen LogP) is 3.18. The van der Waals surface area contributed by atoms with Crippen molar-refractivity contribution in [3.05, 3.63) is 40.6 Å². The molecule has 2 aromatic rings. The average molecular weight is 243 g/mol. The van der Waals surface area contributed by atoms with Crippen molar-refractivity contribution in [1.29, 1.82) is 0 Å². The van der Waals surface area contributed by atoms with Crippen LogP contribution in [-0.4, -0.2) is 16.1 Å². The summed E-state index contributed by atoms with van der Waals surface area (Å²) < 4.78 is 0. The highest BCUT2D eigenvalue weighted by Crippen LogP contribution is 2.24. The first-order valence-electron chi connectivity index (χ1n) is 6.06. The number of rotatable bonds is 3. The van der Waals surface area contributed by atoms with Gasteiger partial charge >= 0.3 is 5.97 Å². The summed E-state index contributed by atoms with van der Waals surface area (Å²) in [5.41, 5.74) is 5.29. The molecule has 1 N–H and O–H groups in total. The van der Waals surface area contributed by atoms with Gasteiger partial charge in [-0.1, -0.05) is 11.6 Å². The summed E-state index contributed by atoms with van der Waals surface area (Å²) in [5.74, 6) is -0.769. The van der Waals surface area contributed by atoms with Gasteiger partial charge in [0.1, 0.15) is 0 Å². The quantitative estimate of drug-likeness (QED) is 0.900. The minimum atomic E-state index is -0.769. The highest BCUT2D eigenvalue weighted by Gasteiger charge is 2.09. The number of carbonyl (C=O) groups is 1. The number of aliphatic carboxylic acids is 1. The lowest BCUT2D eigenvalue weighted by molar-refractivity contribution is -0.136. The standard InChI is InChI=1S/C15H17NO2/c1-9-6-12(4-5-14(17)18)15-13(7-9)10(2)8-11(3)16-15/h6-8H,4-5H2,1-3H3,(H,17,18). The fraction of sp³-hybridized carbons (Fsp3) is 0.333. The van der Waals surface area contributed by atoms with Crippen molar-refractivity contribution >= 4 is 16.9 Å². The van der Waals surface area contributed by atoms with Gasteiger partial charge in [0, 0.05) is 17.5 Å². The largest absolute Gasteiger partial charge is 0.481 e. The number of carboxylic acids is 1. The fourth-order valence-corrected chi connectivity index (χ4v) is 2.32. The molecule has 1 aromatic heterocycles. The number of aryl methyl sites for hydroxylation is 4. The van der Waals surface area contributed by atoms with Gasteiger partial charge in [-0.25, -0.2) is 0 Å². The summed E-state index contributed by atoms with van der Waals surface area (Å²) in [7, 11) is 0. The smallest absolute Gasteiger partial charge is 0.303 e. The lowest BCUT2D eigenvalue weighted by Gasteiger charge is -2.10. The average Bonchev–Trinajstić information content (AvgIpc) is 2.27. The van der Waals surface area contributed by atoms with Crippen molar-refractivity contribution in [2.75, 3.05) is 0 Å². The number of aromatic nitrogens is 1. The van der Waals surface area contributed by atoms with Crippen LogP contribution in [0, 0.1) is 20.8 Å². The molecular weight excluding hydrogens is 226 g/mol. The zero-order valence-corrected chi connectivity index (χ0v) is 10.9. The maximum Gasteiger partial charge on any atom is 0.303 e. The van der Waals surface area contributed by atoms with E-state index in [1.807, 2.05) is 19.9 Å². The Morgan fingerprint density at radius 3 is 2.61 bits per heavy atom. The SMILES string of the molecule is Cc1cc(CCC(=O)O)c2nc(C)cc(C)c2c1. The van der Waals surface area contributed by atoms with Crippen molar-refractivity contribution in [2.24, 2.45) is 0 Å². The monoisotopic (exact) mass is 243 g/mol. The molecule has 0 aliphatic carbocycles. The van der Waals surface area contributed by atoms with Crippen LogP contribution in [-0.2, 0) is 11.2 Å². The second-order valence-corrected chi connectivity index (χ2v) is 4.79. The Labute approximate surface area is 106 Å². The molecule has 0 spiro atoms. The van der Waals surface area contributed by atoms with Gasteiger partial charge in [-0.2, -0.15) is 0 Å². The van der Waals surface area contributed by atoms with Gasteiger partial charge < -0.3 is 5.11 Å². The highest BCUT2D eigenvalue weighted by atomic mass is 16.4. The van der Waals surface area contributed by atoms with Gasteiger partial charge in [-0.15, -0.1) is 0 Å². The summed E-state index contributed by atoms with van der Waals surface area (Å²) in [6.07, 6.45) is 0.677. The minimum absolute atomic E-state index is 0.146. The van der Waals surface area contributed by atoms with E-state index >= 15 is 0 Å². The molecule has 0 aliphatic rings. The van der Waals surface area contributed by atoms with Crippen molar-refractivity contribution < 1.29 is 9.90 Å². The predicted molar refractivity (Wildman–Crippen MR) is 71.9 cm³/mol. The van der Waals surface area contributed by atoms with Crippen LogP contribution in [0.25, 0.3) is 10.9 Å². The third-order valence-electron chi connectivity index (χ3n) is 3.08. The fourth-order valence-electron chi connectivity index (χ4n) is 2.32. The molecule has 0 atom stereocenters. The first kappa shape index (κ1) is 12.6. The summed E-state index contributed by atoms with van der Waals surface area (Å²) in [6.45, 7) is 6.06. The number of pyridine rings is 1.